The maximum absolute atomic E-state index is 11.7. The van der Waals surface area contributed by atoms with Gasteiger partial charge in [0.1, 0.15) is 11.5 Å². The number of carbonyl (C=O) groups excluding carboxylic acids is 2. The Labute approximate surface area is 123 Å². The molecule has 0 aliphatic heterocycles. The van der Waals surface area contributed by atoms with Crippen molar-refractivity contribution >= 4 is 27.4 Å². The van der Waals surface area contributed by atoms with Crippen LogP contribution >= 0.6 is 0 Å². The molecular weight excluding hydrogens is 296 g/mol. The fraction of sp³-hybridized carbons (Fsp3) is 0.385. The zero-order chi connectivity index (χ0) is 15.9. The maximum atomic E-state index is 11.7. The highest BCUT2D eigenvalue weighted by atomic mass is 32.2. The van der Waals surface area contributed by atoms with Crippen LogP contribution in [0.1, 0.15) is 12.5 Å². The number of hydrogen-bond acceptors (Lipinski definition) is 6. The first kappa shape index (κ1) is 17.1. The Hall–Kier alpha value is -1.93. The van der Waals surface area contributed by atoms with E-state index in [0.29, 0.717) is 12.2 Å². The lowest BCUT2D eigenvalue weighted by molar-refractivity contribution is -0.139. The Bertz CT molecular complexity index is 595. The van der Waals surface area contributed by atoms with Crippen LogP contribution in [0.4, 0.5) is 5.69 Å². The number of nitrogens with one attached hydrogen (secondary N) is 1. The number of anilines is 1. The first-order chi connectivity index (χ1) is 9.86. The van der Waals surface area contributed by atoms with Crippen LogP contribution in [0.15, 0.2) is 24.3 Å². The molecule has 0 aliphatic rings. The Morgan fingerprint density at radius 3 is 2.33 bits per heavy atom. The van der Waals surface area contributed by atoms with Gasteiger partial charge in [0.15, 0.2) is 9.84 Å². The van der Waals surface area contributed by atoms with Gasteiger partial charge in [-0.3, -0.25) is 9.59 Å². The summed E-state index contributed by atoms with van der Waals surface area (Å²) in [5.41, 5.74) is 6.80. The van der Waals surface area contributed by atoms with Gasteiger partial charge in [-0.25, -0.2) is 8.42 Å². The molecule has 1 aromatic rings. The van der Waals surface area contributed by atoms with E-state index in [1.165, 1.54) is 0 Å². The molecule has 0 bridgehead atoms. The summed E-state index contributed by atoms with van der Waals surface area (Å²) in [5, 5.41) is 2.44. The van der Waals surface area contributed by atoms with Crippen molar-refractivity contribution in [3.63, 3.8) is 0 Å². The summed E-state index contributed by atoms with van der Waals surface area (Å²) in [4.78, 5) is 22.8. The second-order valence-electron chi connectivity index (χ2n) is 4.29. The topological polar surface area (TPSA) is 116 Å². The van der Waals surface area contributed by atoms with Gasteiger partial charge in [-0.15, -0.1) is 0 Å². The van der Waals surface area contributed by atoms with Crippen molar-refractivity contribution in [2.24, 2.45) is 5.73 Å². The third-order valence-electron chi connectivity index (χ3n) is 2.47. The van der Waals surface area contributed by atoms with E-state index in [9.17, 15) is 18.0 Å². The lowest BCUT2D eigenvalue weighted by Crippen LogP contribution is -2.28. The first-order valence-corrected chi connectivity index (χ1v) is 8.13. The van der Waals surface area contributed by atoms with Gasteiger partial charge in [0, 0.05) is 12.2 Å². The van der Waals surface area contributed by atoms with E-state index in [2.05, 4.69) is 10.1 Å². The van der Waals surface area contributed by atoms with Crippen LogP contribution in [0, 0.1) is 0 Å². The lowest BCUT2D eigenvalue weighted by Gasteiger charge is -2.07. The van der Waals surface area contributed by atoms with Gasteiger partial charge < -0.3 is 15.8 Å². The number of hydrogen-bond donors (Lipinski definition) is 2. The predicted molar refractivity (Wildman–Crippen MR) is 78.2 cm³/mol. The zero-order valence-corrected chi connectivity index (χ0v) is 12.5. The van der Waals surface area contributed by atoms with E-state index in [-0.39, 0.29) is 6.61 Å². The molecule has 0 aromatic heterocycles. The summed E-state index contributed by atoms with van der Waals surface area (Å²) < 4.78 is 27.8. The van der Waals surface area contributed by atoms with Crippen molar-refractivity contribution in [1.82, 2.24) is 0 Å². The third-order valence-corrected chi connectivity index (χ3v) is 3.85. The molecule has 116 valence electrons. The third kappa shape index (κ3) is 6.37. The van der Waals surface area contributed by atoms with E-state index >= 15 is 0 Å². The van der Waals surface area contributed by atoms with Crippen LogP contribution in [-0.2, 0) is 30.7 Å². The fourth-order valence-corrected chi connectivity index (χ4v) is 2.57. The van der Waals surface area contributed by atoms with Crippen molar-refractivity contribution in [3.8, 4) is 0 Å². The molecule has 1 rings (SSSR count). The molecule has 0 fully saturated rings. The summed E-state index contributed by atoms with van der Waals surface area (Å²) in [7, 11) is -3.84. The van der Waals surface area contributed by atoms with E-state index < -0.39 is 33.2 Å². The van der Waals surface area contributed by atoms with Crippen LogP contribution in [-0.4, -0.2) is 38.4 Å². The molecule has 0 saturated heterocycles. The number of nitrogens with two attached hydrogens (primary N) is 1. The number of benzene rings is 1. The maximum Gasteiger partial charge on any atom is 0.321 e. The molecule has 0 unspecified atom stereocenters. The highest BCUT2D eigenvalue weighted by Crippen LogP contribution is 2.09. The van der Waals surface area contributed by atoms with E-state index in [0.717, 1.165) is 5.56 Å². The van der Waals surface area contributed by atoms with Gasteiger partial charge in [-0.05, 0) is 24.6 Å². The number of amides is 1. The van der Waals surface area contributed by atoms with Crippen molar-refractivity contribution in [3.05, 3.63) is 29.8 Å². The molecule has 0 atom stereocenters. The Kier molecular flexibility index (Phi) is 6.32. The number of esters is 1. The van der Waals surface area contributed by atoms with Crippen molar-refractivity contribution in [2.45, 2.75) is 13.5 Å². The number of ether oxygens (including phenoxy) is 1. The Morgan fingerprint density at radius 2 is 1.81 bits per heavy atom. The summed E-state index contributed by atoms with van der Waals surface area (Å²) in [6.45, 7) is 2.04. The number of sulfone groups is 1. The molecule has 21 heavy (non-hydrogen) atoms. The highest BCUT2D eigenvalue weighted by molar-refractivity contribution is 7.92. The van der Waals surface area contributed by atoms with Crippen LogP contribution in [0.2, 0.25) is 0 Å². The van der Waals surface area contributed by atoms with Gasteiger partial charge in [-0.2, -0.15) is 0 Å². The molecule has 0 radical (unpaired) electrons. The zero-order valence-electron chi connectivity index (χ0n) is 11.7. The fourth-order valence-electron chi connectivity index (χ4n) is 1.55. The molecule has 0 heterocycles. The second-order valence-corrected chi connectivity index (χ2v) is 6.35. The average Bonchev–Trinajstić information content (AvgIpc) is 2.38. The molecule has 1 amide bonds. The average molecular weight is 314 g/mol. The summed E-state index contributed by atoms with van der Waals surface area (Å²) in [5.74, 6) is -3.15. The molecular formula is C13H18N2O5S. The van der Waals surface area contributed by atoms with Crippen molar-refractivity contribution < 1.29 is 22.7 Å². The smallest absolute Gasteiger partial charge is 0.321 e. The first-order valence-electron chi connectivity index (χ1n) is 6.31. The SMILES string of the molecule is CCOC(=O)CS(=O)(=O)CC(=O)Nc1ccc(CN)cc1. The molecule has 3 N–H and O–H groups in total. The second kappa shape index (κ2) is 7.75. The number of rotatable bonds is 7. The lowest BCUT2D eigenvalue weighted by atomic mass is 10.2. The summed E-state index contributed by atoms with van der Waals surface area (Å²) in [6, 6.07) is 6.70. The molecule has 1 aromatic carbocycles. The van der Waals surface area contributed by atoms with Crippen LogP contribution in [0.25, 0.3) is 0 Å². The van der Waals surface area contributed by atoms with Crippen LogP contribution in [0.3, 0.4) is 0 Å². The monoisotopic (exact) mass is 314 g/mol. The Balaban J connectivity index is 2.57. The van der Waals surface area contributed by atoms with E-state index in [1.807, 2.05) is 0 Å². The van der Waals surface area contributed by atoms with Gasteiger partial charge >= 0.3 is 5.97 Å². The largest absolute Gasteiger partial charge is 0.465 e. The van der Waals surface area contributed by atoms with Crippen molar-refractivity contribution in [1.29, 1.82) is 0 Å². The molecule has 0 saturated carbocycles. The minimum atomic E-state index is -3.84. The quantitative estimate of drug-likeness (QED) is 0.688. The van der Waals surface area contributed by atoms with Crippen molar-refractivity contribution in [2.75, 3.05) is 23.4 Å². The minimum absolute atomic E-state index is 0.0913. The molecule has 7 nitrogen and oxygen atoms in total. The normalized spacial score (nSPS) is 11.0. The predicted octanol–water partition coefficient (Wildman–Crippen LogP) is 0.0617. The van der Waals surface area contributed by atoms with E-state index in [4.69, 9.17) is 5.73 Å². The Morgan fingerprint density at radius 1 is 1.19 bits per heavy atom. The van der Waals surface area contributed by atoms with Crippen LogP contribution in [0.5, 0.6) is 0 Å². The molecule has 0 aliphatic carbocycles. The minimum Gasteiger partial charge on any atom is -0.465 e. The van der Waals surface area contributed by atoms with Gasteiger partial charge in [0.25, 0.3) is 0 Å². The molecule has 8 heteroatoms. The van der Waals surface area contributed by atoms with Gasteiger partial charge in [0.2, 0.25) is 5.91 Å². The summed E-state index contributed by atoms with van der Waals surface area (Å²) in [6.07, 6.45) is 0. The van der Waals surface area contributed by atoms with E-state index in [1.54, 1.807) is 31.2 Å². The van der Waals surface area contributed by atoms with Gasteiger partial charge in [0.05, 0.1) is 6.61 Å². The number of carbonyl (C=O) groups is 2. The summed E-state index contributed by atoms with van der Waals surface area (Å²) >= 11 is 0. The standard InChI is InChI=1S/C13H18N2O5S/c1-2-20-13(17)9-21(18,19)8-12(16)15-11-5-3-10(7-14)4-6-11/h3-6H,2,7-9,14H2,1H3,(H,15,16). The highest BCUT2D eigenvalue weighted by Gasteiger charge is 2.21. The molecule has 0 spiro atoms. The van der Waals surface area contributed by atoms with Crippen LogP contribution < -0.4 is 11.1 Å². The van der Waals surface area contributed by atoms with Gasteiger partial charge in [-0.1, -0.05) is 12.1 Å².